The van der Waals surface area contributed by atoms with Crippen LogP contribution in [0.25, 0.3) is 44.5 Å². The second-order valence-corrected chi connectivity index (χ2v) is 27.1. The van der Waals surface area contributed by atoms with Crippen molar-refractivity contribution in [1.82, 2.24) is 0 Å². The third kappa shape index (κ3) is 8.10. The van der Waals surface area contributed by atoms with Gasteiger partial charge in [-0.25, -0.2) is 0 Å². The highest BCUT2D eigenvalue weighted by molar-refractivity contribution is 7.03. The molecule has 0 radical (unpaired) electrons. The molecule has 5 nitrogen and oxygen atoms in total. The lowest BCUT2D eigenvalue weighted by Crippen LogP contribution is -2.65. The fourth-order valence-electron chi connectivity index (χ4n) is 18.6. The van der Waals surface area contributed by atoms with Crippen molar-refractivity contribution >= 4 is 120 Å². The largest absolute Gasteiger partial charge is 0.365 e. The SMILES string of the molecule is c1ccc(-c2cccc(-c3ccccc3)c2N2c3ccccc3B3c4cc5c(cc4N(c4c(-c6ccccc6)cccc4-c4ccccc4)c4cccc2c43)N(c2ccccc2)c2cc(N3C4CC6CC(C4)CC3C6)cc3c2B5c2ccccc2N3c2ccccc2)cc1. The van der Waals surface area contributed by atoms with E-state index in [0.29, 0.717) is 12.1 Å². The van der Waals surface area contributed by atoms with E-state index in [2.05, 4.69) is 334 Å². The summed E-state index contributed by atoms with van der Waals surface area (Å²) < 4.78 is 0. The Morgan fingerprint density at radius 3 is 1.00 bits per heavy atom. The van der Waals surface area contributed by atoms with Crippen molar-refractivity contribution in [2.75, 3.05) is 24.5 Å². The number of hydrogen-bond donors (Lipinski definition) is 0. The molecule has 2 saturated carbocycles. The van der Waals surface area contributed by atoms with Gasteiger partial charge in [-0.15, -0.1) is 0 Å². The standard InChI is InChI=1S/C87H65B2N5/c1-7-26-59(27-8-1)68-38-23-39-69(60-28-9-2-10-29-60)86(68)93-77-45-22-20-43-73(77)88-75-55-74-80(56-81(75)94(79-47-25-46-78(93)84(79)88)87-70(61-30-11-3-12-31-61)40-24-41-71(87)62-32-13-4-14-33-62)92(64-36-17-6-18-37-64)83-54-67(90-65-49-57-48-58(51-65)52-66(90)50-57)53-82-85(83)89(74)72-42-19-21-44-76(72)91(82)63-34-15-5-16-35-63/h1-47,53-58,65-66H,48-52H2. The molecule has 0 atom stereocenters. The summed E-state index contributed by atoms with van der Waals surface area (Å²) >= 11 is 0. The second kappa shape index (κ2) is 21.3. The normalized spacial score (nSPS) is 18.1. The van der Waals surface area contributed by atoms with Crippen LogP contribution in [-0.4, -0.2) is 25.5 Å². The molecule has 13 aromatic rings. The Bertz CT molecular complexity index is 5000. The monoisotopic (exact) mass is 1200 g/mol. The summed E-state index contributed by atoms with van der Waals surface area (Å²) in [4.78, 5) is 13.5. The van der Waals surface area contributed by atoms with Crippen LogP contribution in [0.5, 0.6) is 0 Å². The molecule has 13 aromatic carbocycles. The van der Waals surface area contributed by atoms with E-state index in [-0.39, 0.29) is 13.4 Å². The summed E-state index contributed by atoms with van der Waals surface area (Å²) in [5, 5.41) is 0. The number of benzene rings is 13. The van der Waals surface area contributed by atoms with Crippen LogP contribution in [0.1, 0.15) is 32.1 Å². The van der Waals surface area contributed by atoms with E-state index < -0.39 is 0 Å². The van der Waals surface area contributed by atoms with E-state index in [1.54, 1.807) is 0 Å². The minimum atomic E-state index is -0.166. The lowest BCUT2D eigenvalue weighted by Gasteiger charge is -2.58. The second-order valence-electron chi connectivity index (χ2n) is 27.1. The van der Waals surface area contributed by atoms with Crippen LogP contribution < -0.4 is 57.3 Å². The Labute approximate surface area is 551 Å². The molecule has 6 heterocycles. The minimum absolute atomic E-state index is 0.105. The van der Waals surface area contributed by atoms with Gasteiger partial charge in [-0.3, -0.25) is 0 Å². The Hall–Kier alpha value is -11.0. The van der Waals surface area contributed by atoms with E-state index in [9.17, 15) is 0 Å². The maximum atomic E-state index is 2.92. The maximum Gasteiger partial charge on any atom is 0.252 e. The lowest BCUT2D eigenvalue weighted by molar-refractivity contribution is 0.0900. The summed E-state index contributed by atoms with van der Waals surface area (Å²) in [6.45, 7) is -0.270. The highest BCUT2D eigenvalue weighted by atomic mass is 15.2. The summed E-state index contributed by atoms with van der Waals surface area (Å²) in [5.41, 5.74) is 32.8. The van der Waals surface area contributed by atoms with Crippen molar-refractivity contribution < 1.29 is 0 Å². The van der Waals surface area contributed by atoms with Gasteiger partial charge in [0.1, 0.15) is 0 Å². The highest BCUT2D eigenvalue weighted by Crippen LogP contribution is 2.56. The minimum Gasteiger partial charge on any atom is -0.365 e. The van der Waals surface area contributed by atoms with Crippen LogP contribution in [-0.2, 0) is 0 Å². The first-order chi connectivity index (χ1) is 46.7. The summed E-state index contributed by atoms with van der Waals surface area (Å²) in [7, 11) is 0. The van der Waals surface area contributed by atoms with Gasteiger partial charge >= 0.3 is 0 Å². The molecular weight excluding hydrogens is 1140 g/mol. The zero-order valence-electron chi connectivity index (χ0n) is 52.2. The molecule has 7 heteroatoms. The summed E-state index contributed by atoms with van der Waals surface area (Å²) in [5.74, 6) is 1.67. The van der Waals surface area contributed by atoms with Crippen LogP contribution in [0.3, 0.4) is 0 Å². The Balaban J connectivity index is 0.913. The van der Waals surface area contributed by atoms with E-state index in [0.717, 1.165) is 34.6 Å². The van der Waals surface area contributed by atoms with Crippen LogP contribution in [0.4, 0.5) is 73.9 Å². The number of nitrogens with zero attached hydrogens (tertiary/aromatic N) is 5. The van der Waals surface area contributed by atoms with E-state index >= 15 is 0 Å². The third-order valence-corrected chi connectivity index (χ3v) is 22.0. The number of para-hydroxylation sites is 6. The predicted octanol–water partition coefficient (Wildman–Crippen LogP) is 18.3. The predicted molar refractivity (Wildman–Crippen MR) is 396 cm³/mol. The van der Waals surface area contributed by atoms with E-state index in [1.807, 2.05) is 0 Å². The Morgan fingerprint density at radius 2 is 0.564 bits per heavy atom. The van der Waals surface area contributed by atoms with Gasteiger partial charge in [0.2, 0.25) is 0 Å². The molecule has 4 fully saturated rings. The number of hydrogen-bond acceptors (Lipinski definition) is 5. The fraction of sp³-hybridized carbons (Fsp3) is 0.103. The summed E-state index contributed by atoms with van der Waals surface area (Å²) in [6, 6.07) is 118. The Kier molecular flexibility index (Phi) is 12.1. The topological polar surface area (TPSA) is 16.2 Å². The average Bonchev–Trinajstić information content (AvgIpc) is 0.686. The zero-order valence-corrected chi connectivity index (χ0v) is 52.2. The number of anilines is 13. The Morgan fingerprint density at radius 1 is 0.234 bits per heavy atom. The number of fused-ring (bicyclic) bond motifs is 8. The van der Waals surface area contributed by atoms with Crippen molar-refractivity contribution in [1.29, 1.82) is 0 Å². The molecule has 2 aliphatic carbocycles. The molecule has 21 rings (SSSR count). The number of rotatable bonds is 9. The molecule has 444 valence electrons. The number of piperidine rings is 2. The highest BCUT2D eigenvalue weighted by Gasteiger charge is 2.51. The van der Waals surface area contributed by atoms with Crippen molar-refractivity contribution in [3.63, 3.8) is 0 Å². The van der Waals surface area contributed by atoms with Crippen LogP contribution in [0.15, 0.2) is 309 Å². The molecule has 94 heavy (non-hydrogen) atoms. The van der Waals surface area contributed by atoms with Gasteiger partial charge in [0.25, 0.3) is 13.4 Å². The van der Waals surface area contributed by atoms with Crippen LogP contribution in [0.2, 0.25) is 0 Å². The molecule has 0 unspecified atom stereocenters. The first-order valence-corrected chi connectivity index (χ1v) is 33.9. The van der Waals surface area contributed by atoms with E-state index in [1.165, 1.54) is 161 Å². The van der Waals surface area contributed by atoms with Crippen molar-refractivity contribution in [2.45, 2.75) is 44.2 Å². The van der Waals surface area contributed by atoms with Crippen molar-refractivity contribution in [3.05, 3.63) is 309 Å². The van der Waals surface area contributed by atoms with Gasteiger partial charge in [-0.05, 0) is 166 Å². The maximum absolute atomic E-state index is 2.92. The molecule has 6 aliphatic heterocycles. The molecular formula is C87H65B2N5. The van der Waals surface area contributed by atoms with E-state index in [4.69, 9.17) is 0 Å². The lowest BCUT2D eigenvalue weighted by atomic mass is 9.30. The van der Waals surface area contributed by atoms with Crippen molar-refractivity contribution in [3.8, 4) is 44.5 Å². The first-order valence-electron chi connectivity index (χ1n) is 33.9. The smallest absolute Gasteiger partial charge is 0.252 e. The molecule has 0 N–H and O–H groups in total. The molecule has 0 spiro atoms. The van der Waals surface area contributed by atoms with Gasteiger partial charge in [0.05, 0.1) is 11.4 Å². The summed E-state index contributed by atoms with van der Waals surface area (Å²) in [6.07, 6.45) is 6.56. The first kappa shape index (κ1) is 53.6. The molecule has 8 aliphatic rings. The zero-order chi connectivity index (χ0) is 61.5. The van der Waals surface area contributed by atoms with Gasteiger partial charge in [0.15, 0.2) is 0 Å². The third-order valence-electron chi connectivity index (χ3n) is 22.0. The quantitative estimate of drug-likeness (QED) is 0.134. The van der Waals surface area contributed by atoms with Gasteiger partial charge in [0, 0.05) is 96.9 Å². The van der Waals surface area contributed by atoms with Gasteiger partial charge in [-0.1, -0.05) is 243 Å². The molecule has 2 saturated heterocycles. The van der Waals surface area contributed by atoms with Crippen molar-refractivity contribution in [2.24, 2.45) is 11.8 Å². The average molecular weight is 1200 g/mol. The van der Waals surface area contributed by atoms with Gasteiger partial charge < -0.3 is 24.5 Å². The molecule has 0 aromatic heterocycles. The van der Waals surface area contributed by atoms with Crippen LogP contribution >= 0.6 is 0 Å². The molecule has 0 amide bonds. The fourth-order valence-corrected chi connectivity index (χ4v) is 18.6. The molecule has 4 bridgehead atoms. The van der Waals surface area contributed by atoms with Gasteiger partial charge in [-0.2, -0.15) is 0 Å². The van der Waals surface area contributed by atoms with Crippen LogP contribution in [0, 0.1) is 11.8 Å².